The van der Waals surface area contributed by atoms with Gasteiger partial charge in [0.1, 0.15) is 0 Å². The van der Waals surface area contributed by atoms with Crippen molar-refractivity contribution in [3.05, 3.63) is 17.8 Å². The number of hydrogen-bond donors (Lipinski definition) is 1. The molecule has 3 heterocycles. The number of carbonyl (C=O) groups excluding carboxylic acids is 1. The molecule has 1 aromatic rings. The molecule has 2 aliphatic rings. The first-order valence-corrected chi connectivity index (χ1v) is 9.38. The van der Waals surface area contributed by atoms with Crippen molar-refractivity contribution < 1.29 is 13.2 Å². The van der Waals surface area contributed by atoms with Crippen LogP contribution in [0.3, 0.4) is 0 Å². The third-order valence-electron chi connectivity index (χ3n) is 4.46. The molecule has 22 heavy (non-hydrogen) atoms. The number of rotatable bonds is 3. The average Bonchev–Trinajstić information content (AvgIpc) is 3.03. The quantitative estimate of drug-likeness (QED) is 0.864. The van der Waals surface area contributed by atoms with Gasteiger partial charge in [-0.25, -0.2) is 8.42 Å². The summed E-state index contributed by atoms with van der Waals surface area (Å²) in [5, 5.41) is 10.8. The van der Waals surface area contributed by atoms with E-state index in [9.17, 15) is 13.2 Å². The zero-order valence-corrected chi connectivity index (χ0v) is 13.4. The Kier molecular flexibility index (Phi) is 3.80. The normalized spacial score (nSPS) is 26.5. The molecule has 2 aliphatic heterocycles. The van der Waals surface area contributed by atoms with Crippen molar-refractivity contribution in [1.82, 2.24) is 15.5 Å². The lowest BCUT2D eigenvalue weighted by Crippen LogP contribution is -2.45. The van der Waals surface area contributed by atoms with E-state index in [1.54, 1.807) is 12.1 Å². The molecule has 7 nitrogen and oxygen atoms in total. The Balaban J connectivity index is 1.83. The van der Waals surface area contributed by atoms with Gasteiger partial charge in [-0.3, -0.25) is 4.79 Å². The number of carbonyl (C=O) groups is 1. The van der Waals surface area contributed by atoms with Crippen LogP contribution in [-0.2, 0) is 9.84 Å². The maximum absolute atomic E-state index is 11.9. The van der Waals surface area contributed by atoms with E-state index in [0.29, 0.717) is 18.8 Å². The van der Waals surface area contributed by atoms with Gasteiger partial charge in [0.15, 0.2) is 21.3 Å². The summed E-state index contributed by atoms with van der Waals surface area (Å²) >= 11 is 0. The van der Waals surface area contributed by atoms with E-state index < -0.39 is 9.84 Å². The predicted molar refractivity (Wildman–Crippen MR) is 82.6 cm³/mol. The fourth-order valence-electron chi connectivity index (χ4n) is 3.45. The average molecular weight is 324 g/mol. The van der Waals surface area contributed by atoms with E-state index in [0.717, 1.165) is 19.4 Å². The Morgan fingerprint density at radius 1 is 1.36 bits per heavy atom. The molecule has 1 atom stereocenters. The van der Waals surface area contributed by atoms with E-state index in [-0.39, 0.29) is 28.6 Å². The van der Waals surface area contributed by atoms with Gasteiger partial charge < -0.3 is 10.2 Å². The van der Waals surface area contributed by atoms with Gasteiger partial charge in [-0.05, 0) is 38.3 Å². The molecule has 1 amide bonds. The standard InChI is InChI=1S/C14H20N4O3S/c1-2-15-13(19)11-4-5-12(17-16-11)18-8-3-6-14(18)7-9-22(20,21)10-14/h4-5H,2-3,6-10H2,1H3,(H,15,19). The van der Waals surface area contributed by atoms with Crippen LogP contribution in [0.5, 0.6) is 0 Å². The molecule has 0 saturated carbocycles. The molecule has 1 aromatic heterocycles. The van der Waals surface area contributed by atoms with Crippen LogP contribution in [-0.4, -0.2) is 54.7 Å². The van der Waals surface area contributed by atoms with Crippen molar-refractivity contribution in [3.8, 4) is 0 Å². The van der Waals surface area contributed by atoms with Gasteiger partial charge in [-0.1, -0.05) is 0 Å². The Labute approximate surface area is 130 Å². The van der Waals surface area contributed by atoms with Crippen LogP contribution in [0.1, 0.15) is 36.7 Å². The molecule has 8 heteroatoms. The van der Waals surface area contributed by atoms with Crippen LogP contribution in [0.2, 0.25) is 0 Å². The second kappa shape index (κ2) is 5.49. The Morgan fingerprint density at radius 2 is 2.18 bits per heavy atom. The van der Waals surface area contributed by atoms with Crippen LogP contribution in [0.25, 0.3) is 0 Å². The zero-order valence-electron chi connectivity index (χ0n) is 12.6. The molecular formula is C14H20N4O3S. The maximum Gasteiger partial charge on any atom is 0.271 e. The molecule has 2 fully saturated rings. The Bertz CT molecular complexity index is 674. The van der Waals surface area contributed by atoms with Crippen molar-refractivity contribution >= 4 is 21.6 Å². The molecule has 120 valence electrons. The largest absolute Gasteiger partial charge is 0.351 e. The predicted octanol–water partition coefficient (Wildman–Crippen LogP) is 0.384. The molecule has 3 rings (SSSR count). The van der Waals surface area contributed by atoms with Crippen LogP contribution in [0.4, 0.5) is 5.82 Å². The fraction of sp³-hybridized carbons (Fsp3) is 0.643. The monoisotopic (exact) mass is 324 g/mol. The Hall–Kier alpha value is -1.70. The molecule has 1 spiro atoms. The van der Waals surface area contributed by atoms with Crippen LogP contribution >= 0.6 is 0 Å². The number of anilines is 1. The van der Waals surface area contributed by atoms with Gasteiger partial charge in [-0.15, -0.1) is 10.2 Å². The van der Waals surface area contributed by atoms with Crippen molar-refractivity contribution in [2.45, 2.75) is 31.7 Å². The van der Waals surface area contributed by atoms with E-state index in [1.165, 1.54) is 0 Å². The highest BCUT2D eigenvalue weighted by Crippen LogP contribution is 2.40. The van der Waals surface area contributed by atoms with Crippen molar-refractivity contribution in [2.75, 3.05) is 29.5 Å². The lowest BCUT2D eigenvalue weighted by molar-refractivity contribution is 0.0950. The third kappa shape index (κ3) is 2.67. The van der Waals surface area contributed by atoms with Gasteiger partial charge in [0.05, 0.1) is 17.0 Å². The molecule has 0 aliphatic carbocycles. The lowest BCUT2D eigenvalue weighted by atomic mass is 9.95. The minimum atomic E-state index is -2.96. The summed E-state index contributed by atoms with van der Waals surface area (Å²) in [4.78, 5) is 13.8. The first kappa shape index (κ1) is 15.2. The smallest absolute Gasteiger partial charge is 0.271 e. The van der Waals surface area contributed by atoms with Gasteiger partial charge in [0.25, 0.3) is 5.91 Å². The topological polar surface area (TPSA) is 92.3 Å². The van der Waals surface area contributed by atoms with Crippen LogP contribution in [0, 0.1) is 0 Å². The fourth-order valence-corrected chi connectivity index (χ4v) is 5.55. The number of nitrogens with zero attached hydrogens (tertiary/aromatic N) is 3. The number of aromatic nitrogens is 2. The summed E-state index contributed by atoms with van der Waals surface area (Å²) in [7, 11) is -2.96. The summed E-state index contributed by atoms with van der Waals surface area (Å²) < 4.78 is 23.7. The van der Waals surface area contributed by atoms with Crippen LogP contribution < -0.4 is 10.2 Å². The Morgan fingerprint density at radius 3 is 2.77 bits per heavy atom. The highest BCUT2D eigenvalue weighted by molar-refractivity contribution is 7.91. The minimum absolute atomic E-state index is 0.194. The summed E-state index contributed by atoms with van der Waals surface area (Å²) in [5.41, 5.74) is -0.0568. The number of amides is 1. The third-order valence-corrected chi connectivity index (χ3v) is 6.26. The van der Waals surface area contributed by atoms with Gasteiger partial charge >= 0.3 is 0 Å². The number of hydrogen-bond acceptors (Lipinski definition) is 6. The van der Waals surface area contributed by atoms with Crippen LogP contribution in [0.15, 0.2) is 12.1 Å². The van der Waals surface area contributed by atoms with Crippen molar-refractivity contribution in [2.24, 2.45) is 0 Å². The molecular weight excluding hydrogens is 304 g/mol. The molecule has 1 N–H and O–H groups in total. The van der Waals surface area contributed by atoms with E-state index in [1.807, 2.05) is 6.92 Å². The van der Waals surface area contributed by atoms with Gasteiger partial charge in [-0.2, -0.15) is 0 Å². The highest BCUT2D eigenvalue weighted by atomic mass is 32.2. The SMILES string of the molecule is CCNC(=O)c1ccc(N2CCCC23CCS(=O)(=O)C3)nn1. The number of nitrogens with one attached hydrogen (secondary N) is 1. The first-order chi connectivity index (χ1) is 10.5. The first-order valence-electron chi connectivity index (χ1n) is 7.56. The van der Waals surface area contributed by atoms with E-state index in [4.69, 9.17) is 0 Å². The lowest BCUT2D eigenvalue weighted by Gasteiger charge is -2.34. The van der Waals surface area contributed by atoms with E-state index >= 15 is 0 Å². The summed E-state index contributed by atoms with van der Waals surface area (Å²) in [6.45, 7) is 3.16. The maximum atomic E-state index is 11.9. The second-order valence-electron chi connectivity index (χ2n) is 5.96. The second-order valence-corrected chi connectivity index (χ2v) is 8.14. The minimum Gasteiger partial charge on any atom is -0.351 e. The zero-order chi connectivity index (χ0) is 15.8. The molecule has 2 saturated heterocycles. The molecule has 0 bridgehead atoms. The molecule has 0 aromatic carbocycles. The van der Waals surface area contributed by atoms with Crippen molar-refractivity contribution in [1.29, 1.82) is 0 Å². The number of sulfone groups is 1. The van der Waals surface area contributed by atoms with Gasteiger partial charge in [0, 0.05) is 13.1 Å². The summed E-state index contributed by atoms with van der Waals surface area (Å²) in [6.07, 6.45) is 2.47. The molecule has 0 radical (unpaired) electrons. The van der Waals surface area contributed by atoms with Gasteiger partial charge in [0.2, 0.25) is 0 Å². The van der Waals surface area contributed by atoms with Crippen molar-refractivity contribution in [3.63, 3.8) is 0 Å². The van der Waals surface area contributed by atoms with E-state index in [2.05, 4.69) is 20.4 Å². The molecule has 1 unspecified atom stereocenters. The summed E-state index contributed by atoms with van der Waals surface area (Å²) in [5.74, 6) is 0.844. The summed E-state index contributed by atoms with van der Waals surface area (Å²) in [6, 6.07) is 3.40. The highest BCUT2D eigenvalue weighted by Gasteiger charge is 2.49.